The maximum atomic E-state index is 11.9. The summed E-state index contributed by atoms with van der Waals surface area (Å²) < 4.78 is 0. The zero-order valence-corrected chi connectivity index (χ0v) is 11.9. The van der Waals surface area contributed by atoms with Gasteiger partial charge in [0.05, 0.1) is 6.54 Å². The summed E-state index contributed by atoms with van der Waals surface area (Å²) in [5.41, 5.74) is 0. The molecule has 0 fully saturated rings. The molecule has 0 bridgehead atoms. The van der Waals surface area contributed by atoms with Gasteiger partial charge < -0.3 is 10.0 Å². The highest BCUT2D eigenvalue weighted by molar-refractivity contribution is 5.80. The Morgan fingerprint density at radius 1 is 1.17 bits per heavy atom. The third kappa shape index (κ3) is 6.00. The Balaban J connectivity index is 4.31. The van der Waals surface area contributed by atoms with Crippen molar-refractivity contribution in [3.8, 4) is 0 Å². The lowest BCUT2D eigenvalue weighted by atomic mass is 10.1. The van der Waals surface area contributed by atoms with Crippen LogP contribution in [0.5, 0.6) is 0 Å². The second-order valence-electron chi connectivity index (χ2n) is 4.82. The summed E-state index contributed by atoms with van der Waals surface area (Å²) in [7, 11) is 0. The smallest absolute Gasteiger partial charge is 0.320 e. The van der Waals surface area contributed by atoms with Crippen molar-refractivity contribution in [2.24, 2.45) is 5.92 Å². The van der Waals surface area contributed by atoms with Crippen molar-refractivity contribution < 1.29 is 14.7 Å². The number of carboxylic acids is 1. The standard InChI is InChI=1S/C13H26N2O3/c1-5-7-15(8-6-2)11(16)9-14-12(10(3)4)13(17)18/h10,12,14H,5-9H2,1-4H3,(H,17,18). The number of rotatable bonds is 9. The van der Waals surface area contributed by atoms with E-state index in [9.17, 15) is 9.59 Å². The maximum Gasteiger partial charge on any atom is 0.320 e. The molecule has 0 aromatic carbocycles. The van der Waals surface area contributed by atoms with Gasteiger partial charge in [0.25, 0.3) is 0 Å². The number of hydrogen-bond donors (Lipinski definition) is 2. The molecule has 1 amide bonds. The fourth-order valence-electron chi connectivity index (χ4n) is 1.82. The van der Waals surface area contributed by atoms with Gasteiger partial charge in [0.2, 0.25) is 5.91 Å². The molecule has 1 atom stereocenters. The van der Waals surface area contributed by atoms with E-state index in [4.69, 9.17) is 5.11 Å². The van der Waals surface area contributed by atoms with Crippen molar-refractivity contribution in [1.82, 2.24) is 10.2 Å². The fourth-order valence-corrected chi connectivity index (χ4v) is 1.82. The highest BCUT2D eigenvalue weighted by atomic mass is 16.4. The maximum absolute atomic E-state index is 11.9. The van der Waals surface area contributed by atoms with Gasteiger partial charge in [-0.15, -0.1) is 0 Å². The number of carboxylic acid groups (broad SMARTS) is 1. The highest BCUT2D eigenvalue weighted by Gasteiger charge is 2.22. The predicted molar refractivity (Wildman–Crippen MR) is 71.4 cm³/mol. The minimum Gasteiger partial charge on any atom is -0.480 e. The predicted octanol–water partition coefficient (Wildman–Crippen LogP) is 1.33. The van der Waals surface area contributed by atoms with Crippen LogP contribution in [0.3, 0.4) is 0 Å². The second kappa shape index (κ2) is 8.91. The van der Waals surface area contributed by atoms with E-state index in [0.29, 0.717) is 0 Å². The van der Waals surface area contributed by atoms with Gasteiger partial charge in [-0.05, 0) is 18.8 Å². The molecule has 0 aromatic rings. The Morgan fingerprint density at radius 3 is 2.00 bits per heavy atom. The number of carbonyl (C=O) groups is 2. The van der Waals surface area contributed by atoms with Crippen LogP contribution in [0.25, 0.3) is 0 Å². The van der Waals surface area contributed by atoms with Gasteiger partial charge in [0.1, 0.15) is 6.04 Å². The molecule has 0 radical (unpaired) electrons. The van der Waals surface area contributed by atoms with E-state index >= 15 is 0 Å². The van der Waals surface area contributed by atoms with Crippen LogP contribution in [0.4, 0.5) is 0 Å². The highest BCUT2D eigenvalue weighted by Crippen LogP contribution is 2.02. The molecule has 18 heavy (non-hydrogen) atoms. The summed E-state index contributed by atoms with van der Waals surface area (Å²) in [4.78, 5) is 24.7. The zero-order valence-electron chi connectivity index (χ0n) is 11.9. The minimum absolute atomic E-state index is 0.0226. The molecule has 5 heteroatoms. The van der Waals surface area contributed by atoms with Gasteiger partial charge >= 0.3 is 5.97 Å². The second-order valence-corrected chi connectivity index (χ2v) is 4.82. The van der Waals surface area contributed by atoms with E-state index < -0.39 is 12.0 Å². The first-order valence-electron chi connectivity index (χ1n) is 6.67. The Morgan fingerprint density at radius 2 is 1.67 bits per heavy atom. The van der Waals surface area contributed by atoms with Crippen molar-refractivity contribution in [2.75, 3.05) is 19.6 Å². The van der Waals surface area contributed by atoms with Crippen LogP contribution < -0.4 is 5.32 Å². The first kappa shape index (κ1) is 16.9. The molecule has 5 nitrogen and oxygen atoms in total. The largest absolute Gasteiger partial charge is 0.480 e. The SMILES string of the molecule is CCCN(CCC)C(=O)CNC(C(=O)O)C(C)C. The van der Waals surface area contributed by atoms with Gasteiger partial charge in [0.15, 0.2) is 0 Å². The molecule has 0 aliphatic heterocycles. The summed E-state index contributed by atoms with van der Waals surface area (Å²) in [6, 6.07) is -0.668. The van der Waals surface area contributed by atoms with Crippen LogP contribution in [0, 0.1) is 5.92 Å². The monoisotopic (exact) mass is 258 g/mol. The van der Waals surface area contributed by atoms with Crippen LogP contribution in [-0.2, 0) is 9.59 Å². The third-order valence-electron chi connectivity index (χ3n) is 2.75. The third-order valence-corrected chi connectivity index (χ3v) is 2.75. The molecule has 0 heterocycles. The molecule has 106 valence electrons. The van der Waals surface area contributed by atoms with Crippen LogP contribution in [-0.4, -0.2) is 47.6 Å². The minimum atomic E-state index is -0.907. The number of hydrogen-bond acceptors (Lipinski definition) is 3. The summed E-state index contributed by atoms with van der Waals surface area (Å²) in [6.45, 7) is 9.25. The average molecular weight is 258 g/mol. The molecule has 2 N–H and O–H groups in total. The summed E-state index contributed by atoms with van der Waals surface area (Å²) in [5, 5.41) is 11.8. The fraction of sp³-hybridized carbons (Fsp3) is 0.846. The van der Waals surface area contributed by atoms with Gasteiger partial charge in [-0.1, -0.05) is 27.7 Å². The first-order chi connectivity index (χ1) is 8.43. The van der Waals surface area contributed by atoms with Crippen LogP contribution in [0.2, 0.25) is 0 Å². The van der Waals surface area contributed by atoms with Crippen molar-refractivity contribution >= 4 is 11.9 Å². The average Bonchev–Trinajstić information content (AvgIpc) is 2.27. The molecule has 0 saturated carbocycles. The molecule has 0 spiro atoms. The molecule has 1 unspecified atom stereocenters. The number of aliphatic carboxylic acids is 1. The number of amides is 1. The van der Waals surface area contributed by atoms with Crippen LogP contribution in [0.1, 0.15) is 40.5 Å². The molecular formula is C13H26N2O3. The van der Waals surface area contributed by atoms with Crippen molar-refractivity contribution in [2.45, 2.75) is 46.6 Å². The number of carbonyl (C=O) groups excluding carboxylic acids is 1. The molecule has 0 aromatic heterocycles. The zero-order chi connectivity index (χ0) is 14.1. The van der Waals surface area contributed by atoms with E-state index in [1.807, 2.05) is 27.7 Å². The Bertz CT molecular complexity index is 261. The topological polar surface area (TPSA) is 69.6 Å². The van der Waals surface area contributed by atoms with Gasteiger partial charge in [0, 0.05) is 13.1 Å². The van der Waals surface area contributed by atoms with Crippen LogP contribution >= 0.6 is 0 Å². The van der Waals surface area contributed by atoms with E-state index in [0.717, 1.165) is 25.9 Å². The molecule has 0 saturated heterocycles. The number of nitrogens with zero attached hydrogens (tertiary/aromatic N) is 1. The summed E-state index contributed by atoms with van der Waals surface area (Å²) >= 11 is 0. The van der Waals surface area contributed by atoms with Gasteiger partial charge in [-0.3, -0.25) is 14.9 Å². The summed E-state index contributed by atoms with van der Waals surface area (Å²) in [5.74, 6) is -0.970. The lowest BCUT2D eigenvalue weighted by Gasteiger charge is -2.24. The lowest BCUT2D eigenvalue weighted by Crippen LogP contribution is -2.47. The number of nitrogens with one attached hydrogen (secondary N) is 1. The van der Waals surface area contributed by atoms with E-state index in [-0.39, 0.29) is 18.4 Å². The van der Waals surface area contributed by atoms with E-state index in [1.165, 1.54) is 0 Å². The quantitative estimate of drug-likeness (QED) is 0.654. The molecule has 0 aliphatic carbocycles. The first-order valence-corrected chi connectivity index (χ1v) is 6.67. The van der Waals surface area contributed by atoms with Crippen LogP contribution in [0.15, 0.2) is 0 Å². The Hall–Kier alpha value is -1.10. The molecule has 0 aliphatic rings. The van der Waals surface area contributed by atoms with Crippen molar-refractivity contribution in [3.63, 3.8) is 0 Å². The Kier molecular flexibility index (Phi) is 8.37. The molecule has 0 rings (SSSR count). The molecular weight excluding hydrogens is 232 g/mol. The van der Waals surface area contributed by atoms with E-state index in [2.05, 4.69) is 5.32 Å². The Labute approximate surface area is 110 Å². The van der Waals surface area contributed by atoms with Gasteiger partial charge in [-0.2, -0.15) is 0 Å². The van der Waals surface area contributed by atoms with Crippen molar-refractivity contribution in [1.29, 1.82) is 0 Å². The normalized spacial score (nSPS) is 12.5. The van der Waals surface area contributed by atoms with E-state index in [1.54, 1.807) is 4.90 Å². The summed E-state index contributed by atoms with van der Waals surface area (Å²) in [6.07, 6.45) is 1.83. The van der Waals surface area contributed by atoms with Crippen molar-refractivity contribution in [3.05, 3.63) is 0 Å². The van der Waals surface area contributed by atoms with Gasteiger partial charge in [-0.25, -0.2) is 0 Å². The lowest BCUT2D eigenvalue weighted by molar-refractivity contribution is -0.141.